The molecule has 3 aromatic rings. The summed E-state index contributed by atoms with van der Waals surface area (Å²) in [7, 11) is 0. The van der Waals surface area contributed by atoms with Crippen LogP contribution in [0, 0.1) is 5.92 Å². The Bertz CT molecular complexity index is 1200. The summed E-state index contributed by atoms with van der Waals surface area (Å²) in [5.74, 6) is -0.483. The van der Waals surface area contributed by atoms with Gasteiger partial charge in [0.1, 0.15) is 0 Å². The van der Waals surface area contributed by atoms with Gasteiger partial charge in [-0.25, -0.2) is 0 Å². The molecule has 3 rings (SSSR count). The molecule has 0 saturated carbocycles. The standard InChI is InChI=1S/C28H26O4/c1-16(2)28(32)27-14-24(19(5)31)13-26(15-27)21-8-6-20(7-9-21)25-11-22(17(3)29)10-23(12-25)18(4)30/h6-16H,1-5H3. The number of carbonyl (C=O) groups excluding carboxylic acids is 4. The van der Waals surface area contributed by atoms with Crippen LogP contribution in [0.25, 0.3) is 22.3 Å². The van der Waals surface area contributed by atoms with Gasteiger partial charge in [-0.3, -0.25) is 19.2 Å². The van der Waals surface area contributed by atoms with Crippen LogP contribution in [0.2, 0.25) is 0 Å². The van der Waals surface area contributed by atoms with Gasteiger partial charge in [0.05, 0.1) is 0 Å². The molecule has 0 aliphatic heterocycles. The van der Waals surface area contributed by atoms with E-state index in [0.29, 0.717) is 22.3 Å². The quantitative estimate of drug-likeness (QED) is 0.406. The number of rotatable bonds is 7. The highest BCUT2D eigenvalue weighted by Gasteiger charge is 2.15. The first-order chi connectivity index (χ1) is 15.1. The fourth-order valence-electron chi connectivity index (χ4n) is 3.53. The largest absolute Gasteiger partial charge is 0.295 e. The van der Waals surface area contributed by atoms with Crippen molar-refractivity contribution >= 4 is 23.1 Å². The second kappa shape index (κ2) is 9.23. The number of ketones is 4. The summed E-state index contributed by atoms with van der Waals surface area (Å²) in [6, 6.07) is 18.1. The van der Waals surface area contributed by atoms with Crippen LogP contribution in [0.3, 0.4) is 0 Å². The normalized spacial score (nSPS) is 10.8. The smallest absolute Gasteiger partial charge is 0.165 e. The number of benzene rings is 3. The molecule has 0 bridgehead atoms. The third-order valence-electron chi connectivity index (χ3n) is 5.45. The number of hydrogen-bond acceptors (Lipinski definition) is 4. The van der Waals surface area contributed by atoms with Crippen LogP contribution in [0.15, 0.2) is 60.7 Å². The van der Waals surface area contributed by atoms with Gasteiger partial charge in [0.25, 0.3) is 0 Å². The van der Waals surface area contributed by atoms with Gasteiger partial charge in [-0.1, -0.05) is 38.1 Å². The monoisotopic (exact) mass is 426 g/mol. The van der Waals surface area contributed by atoms with Crippen LogP contribution >= 0.6 is 0 Å². The molecule has 0 aliphatic rings. The van der Waals surface area contributed by atoms with Gasteiger partial charge in [-0.05, 0) is 79.4 Å². The first-order valence-corrected chi connectivity index (χ1v) is 10.5. The Hall–Kier alpha value is -3.66. The van der Waals surface area contributed by atoms with Crippen molar-refractivity contribution in [3.63, 3.8) is 0 Å². The SMILES string of the molecule is CC(=O)c1cc(C(C)=O)cc(-c2ccc(-c3cc(C(C)=O)cc(C(=O)C(C)C)c3)cc2)c1. The Labute approximate surface area is 188 Å². The fourth-order valence-corrected chi connectivity index (χ4v) is 3.53. The minimum absolute atomic E-state index is 0.0104. The van der Waals surface area contributed by atoms with Crippen LogP contribution in [0.1, 0.15) is 76.1 Å². The molecular formula is C28H26O4. The number of carbonyl (C=O) groups is 4. The Morgan fingerprint density at radius 1 is 0.500 bits per heavy atom. The van der Waals surface area contributed by atoms with Crippen molar-refractivity contribution in [1.29, 1.82) is 0 Å². The molecule has 3 aromatic carbocycles. The van der Waals surface area contributed by atoms with Gasteiger partial charge in [-0.2, -0.15) is 0 Å². The predicted molar refractivity (Wildman–Crippen MR) is 126 cm³/mol. The molecule has 0 aliphatic carbocycles. The zero-order valence-corrected chi connectivity index (χ0v) is 19.0. The van der Waals surface area contributed by atoms with Crippen LogP contribution in [-0.2, 0) is 0 Å². The molecule has 0 aromatic heterocycles. The highest BCUT2D eigenvalue weighted by Crippen LogP contribution is 2.29. The lowest BCUT2D eigenvalue weighted by atomic mass is 9.92. The molecule has 0 unspecified atom stereocenters. The summed E-state index contributed by atoms with van der Waals surface area (Å²) in [5, 5.41) is 0. The van der Waals surface area contributed by atoms with E-state index >= 15 is 0 Å². The minimum atomic E-state index is -0.170. The number of Topliss-reactive ketones (excluding diaryl/α,β-unsaturated/α-hetero) is 4. The lowest BCUT2D eigenvalue weighted by Crippen LogP contribution is -2.09. The molecule has 162 valence electrons. The van der Waals surface area contributed by atoms with Crippen molar-refractivity contribution < 1.29 is 19.2 Å². The first-order valence-electron chi connectivity index (χ1n) is 10.5. The summed E-state index contributed by atoms with van der Waals surface area (Å²) in [4.78, 5) is 48.4. The summed E-state index contributed by atoms with van der Waals surface area (Å²) >= 11 is 0. The van der Waals surface area contributed by atoms with E-state index < -0.39 is 0 Å². The first kappa shape index (κ1) is 23.0. The van der Waals surface area contributed by atoms with E-state index in [-0.39, 0.29) is 29.1 Å². The van der Waals surface area contributed by atoms with Crippen LogP contribution in [0.4, 0.5) is 0 Å². The molecule has 0 radical (unpaired) electrons. The van der Waals surface area contributed by atoms with Gasteiger partial charge < -0.3 is 0 Å². The van der Waals surface area contributed by atoms with E-state index in [1.54, 1.807) is 30.3 Å². The summed E-state index contributed by atoms with van der Waals surface area (Å²) < 4.78 is 0. The third kappa shape index (κ3) is 4.97. The van der Waals surface area contributed by atoms with Crippen molar-refractivity contribution in [2.75, 3.05) is 0 Å². The van der Waals surface area contributed by atoms with Crippen LogP contribution < -0.4 is 0 Å². The lowest BCUT2D eigenvalue weighted by Gasteiger charge is -2.11. The van der Waals surface area contributed by atoms with Crippen LogP contribution in [-0.4, -0.2) is 23.1 Å². The van der Waals surface area contributed by atoms with E-state index in [4.69, 9.17) is 0 Å². The summed E-state index contributed by atoms with van der Waals surface area (Å²) in [6.07, 6.45) is 0. The highest BCUT2D eigenvalue weighted by molar-refractivity contribution is 6.03. The Balaban J connectivity index is 2.06. The van der Waals surface area contributed by atoms with Gasteiger partial charge in [-0.15, -0.1) is 0 Å². The molecular weight excluding hydrogens is 400 g/mol. The van der Waals surface area contributed by atoms with E-state index in [1.807, 2.05) is 44.2 Å². The third-order valence-corrected chi connectivity index (χ3v) is 5.45. The molecule has 0 N–H and O–H groups in total. The Morgan fingerprint density at radius 2 is 0.812 bits per heavy atom. The highest BCUT2D eigenvalue weighted by atomic mass is 16.1. The fraction of sp³-hybridized carbons (Fsp3) is 0.214. The second-order valence-corrected chi connectivity index (χ2v) is 8.36. The minimum Gasteiger partial charge on any atom is -0.295 e. The maximum atomic E-state index is 12.5. The van der Waals surface area contributed by atoms with E-state index in [0.717, 1.165) is 22.3 Å². The topological polar surface area (TPSA) is 68.3 Å². The summed E-state index contributed by atoms with van der Waals surface area (Å²) in [6.45, 7) is 8.11. The van der Waals surface area contributed by atoms with Crippen molar-refractivity contribution in [1.82, 2.24) is 0 Å². The Morgan fingerprint density at radius 3 is 1.12 bits per heavy atom. The predicted octanol–water partition coefficient (Wildman–Crippen LogP) is 6.47. The molecule has 32 heavy (non-hydrogen) atoms. The summed E-state index contributed by atoms with van der Waals surface area (Å²) in [5.41, 5.74) is 5.29. The van der Waals surface area contributed by atoms with E-state index in [9.17, 15) is 19.2 Å². The second-order valence-electron chi connectivity index (χ2n) is 8.36. The van der Waals surface area contributed by atoms with Crippen molar-refractivity contribution in [3.05, 3.63) is 82.9 Å². The zero-order valence-electron chi connectivity index (χ0n) is 19.0. The van der Waals surface area contributed by atoms with Gasteiger partial charge in [0.2, 0.25) is 0 Å². The average molecular weight is 427 g/mol. The van der Waals surface area contributed by atoms with Gasteiger partial charge >= 0.3 is 0 Å². The zero-order chi connectivity index (χ0) is 23.6. The van der Waals surface area contributed by atoms with Gasteiger partial charge in [0.15, 0.2) is 23.1 Å². The maximum Gasteiger partial charge on any atom is 0.165 e. The average Bonchev–Trinajstić information content (AvgIpc) is 2.77. The maximum absolute atomic E-state index is 12.5. The molecule has 0 saturated heterocycles. The van der Waals surface area contributed by atoms with E-state index in [2.05, 4.69) is 0 Å². The molecule has 0 amide bonds. The van der Waals surface area contributed by atoms with Crippen molar-refractivity contribution in [2.24, 2.45) is 5.92 Å². The lowest BCUT2D eigenvalue weighted by molar-refractivity contribution is 0.0938. The molecule has 0 spiro atoms. The molecule has 0 heterocycles. The Kier molecular flexibility index (Phi) is 6.64. The molecule has 0 fully saturated rings. The van der Waals surface area contributed by atoms with E-state index in [1.165, 1.54) is 20.8 Å². The molecule has 0 atom stereocenters. The van der Waals surface area contributed by atoms with Crippen molar-refractivity contribution in [2.45, 2.75) is 34.6 Å². The van der Waals surface area contributed by atoms with Gasteiger partial charge in [0, 0.05) is 28.2 Å². The molecule has 4 nitrogen and oxygen atoms in total. The van der Waals surface area contributed by atoms with Crippen LogP contribution in [0.5, 0.6) is 0 Å². The number of hydrogen-bond donors (Lipinski definition) is 0. The molecule has 4 heteroatoms. The van der Waals surface area contributed by atoms with Crippen molar-refractivity contribution in [3.8, 4) is 22.3 Å².